The first-order valence-corrected chi connectivity index (χ1v) is 9.80. The van der Waals surface area contributed by atoms with Gasteiger partial charge in [0, 0.05) is 11.3 Å². The number of anilines is 2. The zero-order chi connectivity index (χ0) is 21.1. The van der Waals surface area contributed by atoms with E-state index >= 15 is 0 Å². The van der Waals surface area contributed by atoms with Crippen LogP contribution in [0.5, 0.6) is 0 Å². The van der Waals surface area contributed by atoms with Gasteiger partial charge in [-0.3, -0.25) is 9.52 Å². The van der Waals surface area contributed by atoms with Crippen LogP contribution in [0.25, 0.3) is 0 Å². The summed E-state index contributed by atoms with van der Waals surface area (Å²) in [5, 5.41) is 2.53. The maximum Gasteiger partial charge on any atom is 0.416 e. The summed E-state index contributed by atoms with van der Waals surface area (Å²) in [6, 6.07) is 17.5. The molecule has 0 saturated heterocycles. The molecule has 0 heterocycles. The Kier molecular flexibility index (Phi) is 5.60. The van der Waals surface area contributed by atoms with E-state index in [2.05, 4.69) is 10.0 Å². The fourth-order valence-electron chi connectivity index (χ4n) is 2.49. The highest BCUT2D eigenvalue weighted by atomic mass is 32.2. The van der Waals surface area contributed by atoms with E-state index < -0.39 is 27.7 Å². The standard InChI is InChI=1S/C20H15F3N2O3S/c21-20(22,23)15-11-9-14(10-12-15)19(26)24-16-5-4-6-17(13-16)25-29(27,28)18-7-2-1-3-8-18/h1-13,25H,(H,24,26). The van der Waals surface area contributed by atoms with Crippen LogP contribution in [-0.4, -0.2) is 14.3 Å². The van der Waals surface area contributed by atoms with Crippen LogP contribution >= 0.6 is 0 Å². The zero-order valence-electron chi connectivity index (χ0n) is 14.8. The van der Waals surface area contributed by atoms with Crippen molar-refractivity contribution in [3.8, 4) is 0 Å². The van der Waals surface area contributed by atoms with E-state index in [1.807, 2.05) is 0 Å². The topological polar surface area (TPSA) is 75.3 Å². The molecule has 0 unspecified atom stereocenters. The normalized spacial score (nSPS) is 11.7. The summed E-state index contributed by atoms with van der Waals surface area (Å²) >= 11 is 0. The number of sulfonamides is 1. The van der Waals surface area contributed by atoms with E-state index in [9.17, 15) is 26.4 Å². The Morgan fingerprint density at radius 1 is 0.793 bits per heavy atom. The Bertz CT molecular complexity index is 1110. The summed E-state index contributed by atoms with van der Waals surface area (Å²) < 4.78 is 65.0. The second kappa shape index (κ2) is 7.96. The quantitative estimate of drug-likeness (QED) is 0.625. The molecular formula is C20H15F3N2O3S. The summed E-state index contributed by atoms with van der Waals surface area (Å²) in [5.74, 6) is -0.623. The predicted molar refractivity (Wildman–Crippen MR) is 103 cm³/mol. The molecule has 0 spiro atoms. The van der Waals surface area contributed by atoms with Crippen molar-refractivity contribution in [1.82, 2.24) is 0 Å². The van der Waals surface area contributed by atoms with Gasteiger partial charge in [0.25, 0.3) is 15.9 Å². The number of rotatable bonds is 5. The lowest BCUT2D eigenvalue weighted by Gasteiger charge is -2.11. The molecule has 3 rings (SSSR count). The molecule has 0 aromatic heterocycles. The molecule has 3 aromatic rings. The van der Waals surface area contributed by atoms with Crippen molar-refractivity contribution in [2.45, 2.75) is 11.1 Å². The summed E-state index contributed by atoms with van der Waals surface area (Å²) in [5.41, 5.74) is -0.318. The van der Waals surface area contributed by atoms with Gasteiger partial charge in [0.15, 0.2) is 0 Å². The molecule has 0 saturated carbocycles. The molecule has 0 aliphatic rings. The number of nitrogens with one attached hydrogen (secondary N) is 2. The fourth-order valence-corrected chi connectivity index (χ4v) is 3.56. The Hall–Kier alpha value is -3.33. The van der Waals surface area contributed by atoms with Gasteiger partial charge in [-0.1, -0.05) is 24.3 Å². The van der Waals surface area contributed by atoms with Crippen molar-refractivity contribution in [1.29, 1.82) is 0 Å². The third kappa shape index (κ3) is 5.14. The molecule has 0 fully saturated rings. The van der Waals surface area contributed by atoms with Gasteiger partial charge in [0.05, 0.1) is 16.1 Å². The molecule has 0 aliphatic heterocycles. The van der Waals surface area contributed by atoms with Crippen LogP contribution in [0, 0.1) is 0 Å². The van der Waals surface area contributed by atoms with Crippen molar-refractivity contribution in [3.05, 3.63) is 90.0 Å². The molecule has 2 N–H and O–H groups in total. The first kappa shape index (κ1) is 20.4. The van der Waals surface area contributed by atoms with Gasteiger partial charge in [-0.15, -0.1) is 0 Å². The molecule has 9 heteroatoms. The molecule has 0 atom stereocenters. The van der Waals surface area contributed by atoms with Crippen LogP contribution in [0.2, 0.25) is 0 Å². The Morgan fingerprint density at radius 3 is 2.03 bits per heavy atom. The SMILES string of the molecule is O=C(Nc1cccc(NS(=O)(=O)c2ccccc2)c1)c1ccc(C(F)(F)F)cc1. The first-order valence-electron chi connectivity index (χ1n) is 8.32. The first-order chi connectivity index (χ1) is 13.6. The highest BCUT2D eigenvalue weighted by Crippen LogP contribution is 2.29. The Morgan fingerprint density at radius 2 is 1.41 bits per heavy atom. The van der Waals surface area contributed by atoms with Crippen molar-refractivity contribution < 1.29 is 26.4 Å². The van der Waals surface area contributed by atoms with Crippen LogP contribution in [-0.2, 0) is 16.2 Å². The van der Waals surface area contributed by atoms with Gasteiger partial charge >= 0.3 is 6.18 Å². The third-order valence-electron chi connectivity index (χ3n) is 3.90. The molecule has 29 heavy (non-hydrogen) atoms. The lowest BCUT2D eigenvalue weighted by Crippen LogP contribution is -2.14. The predicted octanol–water partition coefficient (Wildman–Crippen LogP) is 4.76. The van der Waals surface area contributed by atoms with E-state index in [4.69, 9.17) is 0 Å². The number of hydrogen-bond acceptors (Lipinski definition) is 3. The monoisotopic (exact) mass is 420 g/mol. The van der Waals surface area contributed by atoms with Crippen LogP contribution in [0.3, 0.4) is 0 Å². The van der Waals surface area contributed by atoms with Gasteiger partial charge in [0.2, 0.25) is 0 Å². The number of benzene rings is 3. The van der Waals surface area contributed by atoms with Crippen LogP contribution < -0.4 is 10.0 Å². The number of carbonyl (C=O) groups excluding carboxylic acids is 1. The van der Waals surface area contributed by atoms with E-state index in [0.29, 0.717) is 0 Å². The molecule has 150 valence electrons. The average molecular weight is 420 g/mol. The van der Waals surface area contributed by atoms with E-state index in [1.54, 1.807) is 18.2 Å². The van der Waals surface area contributed by atoms with E-state index in [0.717, 1.165) is 24.3 Å². The minimum Gasteiger partial charge on any atom is -0.322 e. The van der Waals surface area contributed by atoms with Gasteiger partial charge in [0.1, 0.15) is 0 Å². The molecule has 1 amide bonds. The lowest BCUT2D eigenvalue weighted by molar-refractivity contribution is -0.137. The number of amides is 1. The van der Waals surface area contributed by atoms with Crippen molar-refractivity contribution in [2.75, 3.05) is 10.0 Å². The molecule has 5 nitrogen and oxygen atoms in total. The van der Waals surface area contributed by atoms with Crippen LogP contribution in [0.15, 0.2) is 83.8 Å². The molecule has 0 aliphatic carbocycles. The minimum atomic E-state index is -4.49. The number of halogens is 3. The Balaban J connectivity index is 1.74. The minimum absolute atomic E-state index is 0.0354. The second-order valence-corrected chi connectivity index (χ2v) is 7.71. The zero-order valence-corrected chi connectivity index (χ0v) is 15.6. The van der Waals surface area contributed by atoms with Crippen molar-refractivity contribution in [3.63, 3.8) is 0 Å². The smallest absolute Gasteiger partial charge is 0.322 e. The van der Waals surface area contributed by atoms with Gasteiger partial charge in [-0.2, -0.15) is 13.2 Å². The summed E-state index contributed by atoms with van der Waals surface area (Å²) in [6.45, 7) is 0. The lowest BCUT2D eigenvalue weighted by atomic mass is 10.1. The molecule has 3 aromatic carbocycles. The highest BCUT2D eigenvalue weighted by Gasteiger charge is 2.30. The number of alkyl halides is 3. The average Bonchev–Trinajstić information content (AvgIpc) is 2.68. The van der Waals surface area contributed by atoms with Gasteiger partial charge in [-0.25, -0.2) is 8.42 Å². The summed E-state index contributed by atoms with van der Waals surface area (Å²) in [4.78, 5) is 12.3. The molecule has 0 radical (unpaired) electrons. The Labute approximate surface area is 165 Å². The van der Waals surface area contributed by atoms with Crippen LogP contribution in [0.4, 0.5) is 24.5 Å². The van der Waals surface area contributed by atoms with Gasteiger partial charge in [-0.05, 0) is 54.6 Å². The highest BCUT2D eigenvalue weighted by molar-refractivity contribution is 7.92. The van der Waals surface area contributed by atoms with Crippen molar-refractivity contribution >= 4 is 27.3 Å². The van der Waals surface area contributed by atoms with E-state index in [1.165, 1.54) is 36.4 Å². The van der Waals surface area contributed by atoms with Crippen LogP contribution in [0.1, 0.15) is 15.9 Å². The summed E-state index contributed by atoms with van der Waals surface area (Å²) in [6.07, 6.45) is -4.49. The van der Waals surface area contributed by atoms with Crippen molar-refractivity contribution in [2.24, 2.45) is 0 Å². The fraction of sp³-hybridized carbons (Fsp3) is 0.0500. The largest absolute Gasteiger partial charge is 0.416 e. The van der Waals surface area contributed by atoms with E-state index in [-0.39, 0.29) is 21.8 Å². The maximum atomic E-state index is 12.6. The number of carbonyl (C=O) groups is 1. The maximum absolute atomic E-state index is 12.6. The molecular weight excluding hydrogens is 405 g/mol. The van der Waals surface area contributed by atoms with Gasteiger partial charge < -0.3 is 5.32 Å². The number of hydrogen-bond donors (Lipinski definition) is 2. The summed E-state index contributed by atoms with van der Waals surface area (Å²) in [7, 11) is -3.80. The second-order valence-electron chi connectivity index (χ2n) is 6.03. The third-order valence-corrected chi connectivity index (χ3v) is 5.30. The molecule has 0 bridgehead atoms.